The average Bonchev–Trinajstić information content (AvgIpc) is 2.97. The van der Waals surface area contributed by atoms with Crippen LogP contribution in [0.3, 0.4) is 0 Å². The van der Waals surface area contributed by atoms with Crippen molar-refractivity contribution < 1.29 is 9.59 Å². The van der Waals surface area contributed by atoms with Gasteiger partial charge in [-0.1, -0.05) is 18.6 Å². The summed E-state index contributed by atoms with van der Waals surface area (Å²) >= 11 is 0. The summed E-state index contributed by atoms with van der Waals surface area (Å²) in [5.74, 6) is 0.927. The molecule has 3 aliphatic heterocycles. The number of pyridine rings is 1. The molecule has 5 rings (SSSR count). The van der Waals surface area contributed by atoms with Crippen LogP contribution in [-0.2, 0) is 0 Å². The fraction of sp³-hybridized carbons (Fsp3) is 0.480. The maximum atomic E-state index is 13.7. The van der Waals surface area contributed by atoms with Crippen LogP contribution in [0.2, 0.25) is 0 Å². The molecule has 0 atom stereocenters. The standard InChI is InChI=1S/C25H31N5O2/c31-24-20-7-2-3-9-22(20)30(23-21(27-24)8-6-13-26-23)25(32)29-17-11-19(12-18-29)10-16-28-14-4-1-5-15-28/h2-3,6-9,13,19H,1,4-5,10-12,14-18H2,(H,27,31). The third-order valence-corrected chi connectivity index (χ3v) is 7.01. The van der Waals surface area contributed by atoms with Crippen molar-refractivity contribution in [3.8, 4) is 0 Å². The Morgan fingerprint density at radius 2 is 1.78 bits per heavy atom. The Morgan fingerprint density at radius 1 is 1.00 bits per heavy atom. The number of benzene rings is 1. The van der Waals surface area contributed by atoms with E-state index in [-0.39, 0.29) is 11.9 Å². The number of likely N-dealkylation sites (tertiary alicyclic amines) is 2. The van der Waals surface area contributed by atoms with Gasteiger partial charge in [0, 0.05) is 19.3 Å². The highest BCUT2D eigenvalue weighted by Crippen LogP contribution is 2.37. The third-order valence-electron chi connectivity index (χ3n) is 7.01. The highest BCUT2D eigenvalue weighted by Gasteiger charge is 2.34. The Balaban J connectivity index is 1.30. The molecule has 32 heavy (non-hydrogen) atoms. The summed E-state index contributed by atoms with van der Waals surface area (Å²) in [5.41, 5.74) is 1.62. The van der Waals surface area contributed by atoms with Crippen LogP contribution in [0.25, 0.3) is 0 Å². The number of hydrogen-bond acceptors (Lipinski definition) is 4. The normalized spacial score (nSPS) is 19.7. The highest BCUT2D eigenvalue weighted by atomic mass is 16.2. The zero-order chi connectivity index (χ0) is 21.9. The number of rotatable bonds is 3. The molecule has 3 aliphatic rings. The van der Waals surface area contributed by atoms with E-state index in [1.165, 1.54) is 45.3 Å². The zero-order valence-electron chi connectivity index (χ0n) is 18.5. The van der Waals surface area contributed by atoms with Gasteiger partial charge in [0.15, 0.2) is 5.82 Å². The number of anilines is 3. The number of piperidine rings is 2. The fourth-order valence-corrected chi connectivity index (χ4v) is 5.13. The number of nitrogens with one attached hydrogen (secondary N) is 1. The average molecular weight is 434 g/mol. The van der Waals surface area contributed by atoms with Gasteiger partial charge in [0.25, 0.3) is 5.91 Å². The Hall–Kier alpha value is -2.93. The van der Waals surface area contributed by atoms with E-state index < -0.39 is 0 Å². The van der Waals surface area contributed by atoms with Crippen LogP contribution in [0.5, 0.6) is 0 Å². The Bertz CT molecular complexity index is 980. The van der Waals surface area contributed by atoms with Gasteiger partial charge in [0.2, 0.25) is 0 Å². The predicted octanol–water partition coefficient (Wildman–Crippen LogP) is 4.49. The molecule has 0 bridgehead atoms. The first-order chi connectivity index (χ1) is 15.7. The van der Waals surface area contributed by atoms with E-state index in [4.69, 9.17) is 0 Å². The van der Waals surface area contributed by atoms with Gasteiger partial charge >= 0.3 is 6.03 Å². The van der Waals surface area contributed by atoms with Crippen LogP contribution in [0.1, 0.15) is 48.9 Å². The van der Waals surface area contributed by atoms with Gasteiger partial charge in [0.05, 0.1) is 16.9 Å². The van der Waals surface area contributed by atoms with Crippen LogP contribution in [0, 0.1) is 5.92 Å². The molecule has 0 spiro atoms. The molecular formula is C25H31N5O2. The third kappa shape index (κ3) is 4.21. The number of nitrogens with zero attached hydrogens (tertiary/aromatic N) is 4. The number of carbonyl (C=O) groups excluding carboxylic acids is 2. The smallest absolute Gasteiger partial charge is 0.324 e. The van der Waals surface area contributed by atoms with Gasteiger partial charge in [-0.2, -0.15) is 0 Å². The first-order valence-corrected chi connectivity index (χ1v) is 11.9. The first kappa shape index (κ1) is 20.9. The summed E-state index contributed by atoms with van der Waals surface area (Å²) in [5, 5.41) is 2.90. The lowest BCUT2D eigenvalue weighted by Crippen LogP contribution is -2.45. The summed E-state index contributed by atoms with van der Waals surface area (Å²) in [6.07, 6.45) is 8.97. The van der Waals surface area contributed by atoms with E-state index in [9.17, 15) is 9.59 Å². The van der Waals surface area contributed by atoms with Crippen LogP contribution in [-0.4, -0.2) is 59.4 Å². The molecule has 2 saturated heterocycles. The summed E-state index contributed by atoms with van der Waals surface area (Å²) < 4.78 is 0. The number of fused-ring (bicyclic) bond motifs is 2. The molecule has 7 heteroatoms. The number of carbonyl (C=O) groups is 2. The Labute approximate surface area is 189 Å². The van der Waals surface area contributed by atoms with E-state index in [0.717, 1.165) is 25.9 Å². The quantitative estimate of drug-likeness (QED) is 0.774. The zero-order valence-corrected chi connectivity index (χ0v) is 18.5. The van der Waals surface area contributed by atoms with Gasteiger partial charge in [0.1, 0.15) is 0 Å². The van der Waals surface area contributed by atoms with Crippen molar-refractivity contribution in [1.29, 1.82) is 0 Å². The number of aromatic nitrogens is 1. The van der Waals surface area contributed by atoms with Gasteiger partial charge in [-0.15, -0.1) is 0 Å². The molecule has 1 aromatic heterocycles. The van der Waals surface area contributed by atoms with E-state index in [1.807, 2.05) is 23.1 Å². The summed E-state index contributed by atoms with van der Waals surface area (Å²) in [6.45, 7) is 5.15. The minimum absolute atomic E-state index is 0.108. The van der Waals surface area contributed by atoms with E-state index in [0.29, 0.717) is 28.7 Å². The molecule has 0 radical (unpaired) electrons. The summed E-state index contributed by atoms with van der Waals surface area (Å²) in [4.78, 5) is 37.1. The van der Waals surface area contributed by atoms with E-state index in [2.05, 4.69) is 15.2 Å². The SMILES string of the molecule is O=C1Nc2cccnc2N(C(=O)N2CCC(CCN3CCCCC3)CC2)c2ccccc21. The van der Waals surface area contributed by atoms with Crippen LogP contribution >= 0.6 is 0 Å². The fourth-order valence-electron chi connectivity index (χ4n) is 5.13. The van der Waals surface area contributed by atoms with Crippen molar-refractivity contribution in [3.05, 3.63) is 48.2 Å². The molecule has 2 fully saturated rings. The number of amides is 3. The predicted molar refractivity (Wildman–Crippen MR) is 125 cm³/mol. The van der Waals surface area contributed by atoms with Crippen molar-refractivity contribution in [2.75, 3.05) is 42.9 Å². The molecular weight excluding hydrogens is 402 g/mol. The maximum absolute atomic E-state index is 13.7. The van der Waals surface area contributed by atoms with Gasteiger partial charge in [-0.25, -0.2) is 14.7 Å². The van der Waals surface area contributed by atoms with Gasteiger partial charge in [-0.3, -0.25) is 4.79 Å². The van der Waals surface area contributed by atoms with Crippen molar-refractivity contribution in [1.82, 2.24) is 14.8 Å². The number of urea groups is 1. The second-order valence-corrected chi connectivity index (χ2v) is 9.09. The number of para-hydroxylation sites is 1. The topological polar surface area (TPSA) is 68.8 Å². The molecule has 1 N–H and O–H groups in total. The molecule has 0 unspecified atom stereocenters. The van der Waals surface area contributed by atoms with Gasteiger partial charge < -0.3 is 15.1 Å². The molecule has 4 heterocycles. The molecule has 7 nitrogen and oxygen atoms in total. The largest absolute Gasteiger partial charge is 0.330 e. The lowest BCUT2D eigenvalue weighted by atomic mass is 9.93. The maximum Gasteiger partial charge on any atom is 0.330 e. The van der Waals surface area contributed by atoms with E-state index >= 15 is 0 Å². The monoisotopic (exact) mass is 433 g/mol. The molecule has 0 aliphatic carbocycles. The summed E-state index contributed by atoms with van der Waals surface area (Å²) in [7, 11) is 0. The molecule has 2 aromatic rings. The van der Waals surface area contributed by atoms with E-state index in [1.54, 1.807) is 29.3 Å². The lowest BCUT2D eigenvalue weighted by molar-refractivity contribution is 0.102. The van der Waals surface area contributed by atoms with Crippen molar-refractivity contribution in [3.63, 3.8) is 0 Å². The molecule has 168 valence electrons. The van der Waals surface area contributed by atoms with Crippen molar-refractivity contribution in [2.45, 2.75) is 38.5 Å². The Kier molecular flexibility index (Phi) is 6.08. The molecule has 1 aromatic carbocycles. The lowest BCUT2D eigenvalue weighted by Gasteiger charge is -2.36. The van der Waals surface area contributed by atoms with Crippen molar-refractivity contribution in [2.24, 2.45) is 5.92 Å². The minimum atomic E-state index is -0.221. The second kappa shape index (κ2) is 9.28. The first-order valence-electron chi connectivity index (χ1n) is 11.9. The summed E-state index contributed by atoms with van der Waals surface area (Å²) in [6, 6.07) is 10.7. The van der Waals surface area contributed by atoms with Crippen LogP contribution in [0.4, 0.5) is 22.0 Å². The van der Waals surface area contributed by atoms with Crippen LogP contribution in [0.15, 0.2) is 42.6 Å². The van der Waals surface area contributed by atoms with Crippen molar-refractivity contribution >= 4 is 29.1 Å². The second-order valence-electron chi connectivity index (χ2n) is 9.09. The van der Waals surface area contributed by atoms with Gasteiger partial charge in [-0.05, 0) is 81.9 Å². The molecule has 3 amide bonds. The molecule has 0 saturated carbocycles. The van der Waals surface area contributed by atoms with Crippen LogP contribution < -0.4 is 10.2 Å². The highest BCUT2D eigenvalue weighted by molar-refractivity contribution is 6.16. The Morgan fingerprint density at radius 3 is 2.59 bits per heavy atom. The number of hydrogen-bond donors (Lipinski definition) is 1. The minimum Gasteiger partial charge on any atom is -0.324 e.